The number of aryl methyl sites for hydroxylation is 2. The molecule has 2 rings (SSSR count). The van der Waals surface area contributed by atoms with Crippen molar-refractivity contribution in [3.63, 3.8) is 0 Å². The number of H-pyrrole nitrogens is 1. The van der Waals surface area contributed by atoms with E-state index in [1.54, 1.807) is 0 Å². The Hall–Kier alpha value is -1.85. The largest absolute Gasteiger partial charge is 0.382 e. The molecule has 0 amide bonds. The first-order chi connectivity index (χ1) is 8.61. The van der Waals surface area contributed by atoms with Crippen LogP contribution >= 0.6 is 0 Å². The van der Waals surface area contributed by atoms with Crippen LogP contribution in [0.4, 0.5) is 0 Å². The molecule has 0 fully saturated rings. The maximum Gasteiger partial charge on any atom is 0.382 e. The first kappa shape index (κ1) is 12.6. The third kappa shape index (κ3) is 2.52. The Bertz CT molecular complexity index is 562. The molecule has 0 radical (unpaired) electrons. The Kier molecular flexibility index (Phi) is 3.64. The van der Waals surface area contributed by atoms with E-state index in [4.69, 9.17) is 5.73 Å². The Balaban J connectivity index is 2.10. The predicted molar refractivity (Wildman–Crippen MR) is 68.3 cm³/mol. The van der Waals surface area contributed by atoms with Crippen LogP contribution in [0.15, 0.2) is 24.4 Å². The number of fused-ring (bicyclic) bond motifs is 1. The minimum atomic E-state index is -0.613. The van der Waals surface area contributed by atoms with Gasteiger partial charge in [-0.25, -0.2) is 4.79 Å². The molecule has 5 heteroatoms. The fourth-order valence-electron chi connectivity index (χ4n) is 2.04. The molecule has 0 saturated carbocycles. The number of aromatic nitrogens is 1. The lowest BCUT2D eigenvalue weighted by atomic mass is 10.0. The summed E-state index contributed by atoms with van der Waals surface area (Å²) in [4.78, 5) is 18.8. The second kappa shape index (κ2) is 5.20. The van der Waals surface area contributed by atoms with Gasteiger partial charge in [-0.1, -0.05) is 12.1 Å². The highest BCUT2D eigenvalue weighted by Crippen LogP contribution is 2.20. The maximum absolute atomic E-state index is 11.2. The van der Waals surface area contributed by atoms with E-state index in [2.05, 4.69) is 40.8 Å². The van der Waals surface area contributed by atoms with Crippen LogP contribution in [-0.2, 0) is 16.1 Å². The second-order valence-corrected chi connectivity index (χ2v) is 4.47. The Morgan fingerprint density at radius 3 is 3.06 bits per heavy atom. The Morgan fingerprint density at radius 2 is 2.33 bits per heavy atom. The normalized spacial score (nSPS) is 12.6. The molecule has 0 aliphatic rings. The van der Waals surface area contributed by atoms with Crippen LogP contribution in [0.3, 0.4) is 0 Å². The topological polar surface area (TPSA) is 95.8 Å². The zero-order valence-corrected chi connectivity index (χ0v) is 10.4. The number of quaternary nitrogens is 1. The summed E-state index contributed by atoms with van der Waals surface area (Å²) in [6.45, 7) is 2.06. The van der Waals surface area contributed by atoms with Gasteiger partial charge in [0.05, 0.1) is 0 Å². The number of carbonyl (C=O) groups is 1. The van der Waals surface area contributed by atoms with Gasteiger partial charge in [-0.05, 0) is 37.0 Å². The average molecular weight is 248 g/mol. The standard InChI is InChI=1S/C13H18N3O2/c1-8-2-4-10-9(7-16-12(10)6-8)3-5-11(14)13(17)18-15/h2,4,6-7,11,16H,3,5,14H2,1,15H3/q+1. The van der Waals surface area contributed by atoms with Gasteiger partial charge < -0.3 is 10.7 Å². The van der Waals surface area contributed by atoms with Gasteiger partial charge in [-0.2, -0.15) is 5.90 Å². The van der Waals surface area contributed by atoms with Crippen molar-refractivity contribution in [2.45, 2.75) is 25.8 Å². The number of carbonyl (C=O) groups excluding carboxylic acids is 1. The van der Waals surface area contributed by atoms with Crippen LogP contribution in [-0.4, -0.2) is 17.0 Å². The average Bonchev–Trinajstić information content (AvgIpc) is 2.77. The van der Waals surface area contributed by atoms with Crippen molar-refractivity contribution in [1.29, 1.82) is 0 Å². The summed E-state index contributed by atoms with van der Waals surface area (Å²) in [5.74, 6) is 2.61. The van der Waals surface area contributed by atoms with E-state index in [1.807, 2.05) is 6.20 Å². The summed E-state index contributed by atoms with van der Waals surface area (Å²) in [6, 6.07) is 5.65. The Labute approximate surface area is 105 Å². The SMILES string of the molecule is Cc1ccc2c(CCC(N)C(=O)O[NH3+])c[nH]c2c1. The lowest BCUT2D eigenvalue weighted by Gasteiger charge is -2.06. The summed E-state index contributed by atoms with van der Waals surface area (Å²) in [5.41, 5.74) is 9.18. The van der Waals surface area contributed by atoms with Gasteiger partial charge in [-0.15, -0.1) is 0 Å². The fourth-order valence-corrected chi connectivity index (χ4v) is 2.04. The van der Waals surface area contributed by atoms with E-state index >= 15 is 0 Å². The molecular weight excluding hydrogens is 230 g/mol. The van der Waals surface area contributed by atoms with Gasteiger partial charge in [-0.3, -0.25) is 4.84 Å². The van der Waals surface area contributed by atoms with Gasteiger partial charge >= 0.3 is 5.97 Å². The highest BCUT2D eigenvalue weighted by atomic mass is 16.7. The van der Waals surface area contributed by atoms with Gasteiger partial charge in [0.1, 0.15) is 6.04 Å². The van der Waals surface area contributed by atoms with Crippen molar-refractivity contribution in [2.24, 2.45) is 5.73 Å². The molecule has 6 N–H and O–H groups in total. The molecule has 1 aromatic heterocycles. The minimum Gasteiger partial charge on any atom is -0.361 e. The van der Waals surface area contributed by atoms with E-state index < -0.39 is 12.0 Å². The van der Waals surface area contributed by atoms with Crippen molar-refractivity contribution in [3.05, 3.63) is 35.5 Å². The molecule has 1 atom stereocenters. The van der Waals surface area contributed by atoms with Crippen molar-refractivity contribution in [1.82, 2.24) is 4.98 Å². The molecule has 5 nitrogen and oxygen atoms in total. The van der Waals surface area contributed by atoms with Crippen LogP contribution in [0.5, 0.6) is 0 Å². The highest BCUT2D eigenvalue weighted by Gasteiger charge is 2.16. The minimum absolute atomic E-state index is 0.467. The number of nitrogens with one attached hydrogen (secondary N) is 1. The van der Waals surface area contributed by atoms with Crippen LogP contribution in [0.1, 0.15) is 17.5 Å². The van der Waals surface area contributed by atoms with Crippen molar-refractivity contribution < 1.29 is 15.5 Å². The predicted octanol–water partition coefficient (Wildman–Crippen LogP) is 0.436. The zero-order chi connectivity index (χ0) is 13.1. The molecule has 0 aliphatic carbocycles. The second-order valence-electron chi connectivity index (χ2n) is 4.47. The Morgan fingerprint density at radius 1 is 1.56 bits per heavy atom. The van der Waals surface area contributed by atoms with Crippen LogP contribution in [0, 0.1) is 6.92 Å². The van der Waals surface area contributed by atoms with E-state index in [0.717, 1.165) is 17.5 Å². The van der Waals surface area contributed by atoms with Crippen molar-refractivity contribution in [2.75, 3.05) is 0 Å². The number of benzene rings is 1. The molecule has 0 saturated heterocycles. The number of hydrogen-bond acceptors (Lipinski definition) is 3. The lowest BCUT2D eigenvalue weighted by Crippen LogP contribution is -2.55. The molecule has 96 valence electrons. The monoisotopic (exact) mass is 248 g/mol. The molecule has 1 heterocycles. The molecule has 0 bridgehead atoms. The molecule has 1 aromatic carbocycles. The number of nitrogens with two attached hydrogens (primary N) is 1. The van der Waals surface area contributed by atoms with E-state index in [-0.39, 0.29) is 0 Å². The van der Waals surface area contributed by atoms with Crippen molar-refractivity contribution in [3.8, 4) is 0 Å². The number of aromatic amines is 1. The molecule has 0 aliphatic heterocycles. The fraction of sp³-hybridized carbons (Fsp3) is 0.308. The summed E-state index contributed by atoms with van der Waals surface area (Å²) in [5, 5.41) is 1.18. The van der Waals surface area contributed by atoms with Crippen LogP contribution in [0.2, 0.25) is 0 Å². The van der Waals surface area contributed by atoms with E-state index in [0.29, 0.717) is 6.42 Å². The summed E-state index contributed by atoms with van der Waals surface area (Å²) < 4.78 is 0. The van der Waals surface area contributed by atoms with Gasteiger partial charge in [0, 0.05) is 17.1 Å². The van der Waals surface area contributed by atoms with E-state index in [9.17, 15) is 4.79 Å². The van der Waals surface area contributed by atoms with E-state index in [1.165, 1.54) is 10.9 Å². The third-order valence-electron chi connectivity index (χ3n) is 3.09. The van der Waals surface area contributed by atoms with Crippen LogP contribution in [0.25, 0.3) is 10.9 Å². The maximum atomic E-state index is 11.2. The molecule has 2 aromatic rings. The molecule has 18 heavy (non-hydrogen) atoms. The first-order valence-electron chi connectivity index (χ1n) is 5.90. The van der Waals surface area contributed by atoms with Gasteiger partial charge in [0.2, 0.25) is 0 Å². The van der Waals surface area contributed by atoms with Gasteiger partial charge in [0.15, 0.2) is 0 Å². The molecular formula is C13H18N3O2+. The first-order valence-corrected chi connectivity index (χ1v) is 5.90. The van der Waals surface area contributed by atoms with Crippen molar-refractivity contribution >= 4 is 16.9 Å². The van der Waals surface area contributed by atoms with Gasteiger partial charge in [0.25, 0.3) is 0 Å². The molecule has 1 unspecified atom stereocenters. The van der Waals surface area contributed by atoms with Crippen LogP contribution < -0.4 is 11.6 Å². The third-order valence-corrected chi connectivity index (χ3v) is 3.09. The zero-order valence-electron chi connectivity index (χ0n) is 10.4. The summed E-state index contributed by atoms with van der Waals surface area (Å²) in [7, 11) is 0. The summed E-state index contributed by atoms with van der Waals surface area (Å²) >= 11 is 0. The molecule has 0 spiro atoms. The highest BCUT2D eigenvalue weighted by molar-refractivity contribution is 5.84. The smallest absolute Gasteiger partial charge is 0.361 e. The number of rotatable bonds is 4. The quantitative estimate of drug-likeness (QED) is 0.685. The summed E-state index contributed by atoms with van der Waals surface area (Å²) in [6.07, 6.45) is 3.25. The lowest BCUT2D eigenvalue weighted by molar-refractivity contribution is -0.657. The number of hydrogen-bond donors (Lipinski definition) is 3.